The minimum atomic E-state index is -3.52. The van der Waals surface area contributed by atoms with Crippen LogP contribution in [0.25, 0.3) is 0 Å². The molecule has 0 aliphatic carbocycles. The Morgan fingerprint density at radius 1 is 1.62 bits per heavy atom. The first kappa shape index (κ1) is 12.3. The minimum Gasteiger partial charge on any atom is -0.255 e. The van der Waals surface area contributed by atoms with Gasteiger partial charge in [-0.05, 0) is 6.42 Å². The van der Waals surface area contributed by atoms with E-state index in [1.54, 1.807) is 7.05 Å². The van der Waals surface area contributed by atoms with Gasteiger partial charge in [0.2, 0.25) is 0 Å². The molecular weight excluding hydrogens is 318 g/mol. The van der Waals surface area contributed by atoms with Gasteiger partial charge in [0, 0.05) is 25.0 Å². The molecule has 1 fully saturated rings. The van der Waals surface area contributed by atoms with Crippen molar-refractivity contribution >= 4 is 37.6 Å². The van der Waals surface area contributed by atoms with Crippen molar-refractivity contribution in [3.63, 3.8) is 0 Å². The third-order valence-corrected chi connectivity index (χ3v) is 5.64. The minimum absolute atomic E-state index is 0.0655. The van der Waals surface area contributed by atoms with Crippen LogP contribution >= 0.6 is 27.5 Å². The molecule has 0 saturated carbocycles. The maximum absolute atomic E-state index is 12.2. The predicted octanol–water partition coefficient (Wildman–Crippen LogP) is 1.23. The standard InChI is InChI=1S/C8H11BrClN3O2S/c1-12-8(7(10)4-11-12)16(14,15)13-3-2-6(9)5-13/h4,6H,2-3,5H2,1H3. The number of aryl methyl sites for hydroxylation is 1. The lowest BCUT2D eigenvalue weighted by Crippen LogP contribution is -2.30. The van der Waals surface area contributed by atoms with Crippen LogP contribution in [-0.4, -0.2) is 40.4 Å². The van der Waals surface area contributed by atoms with Gasteiger partial charge in [0.05, 0.1) is 11.2 Å². The fourth-order valence-electron chi connectivity index (χ4n) is 1.72. The number of alkyl halides is 1. The predicted molar refractivity (Wildman–Crippen MR) is 64.3 cm³/mol. The summed E-state index contributed by atoms with van der Waals surface area (Å²) < 4.78 is 27.2. The molecule has 0 bridgehead atoms. The summed E-state index contributed by atoms with van der Waals surface area (Å²) in [5, 5.41) is 4.07. The first-order valence-electron chi connectivity index (χ1n) is 4.74. The van der Waals surface area contributed by atoms with E-state index in [0.717, 1.165) is 6.42 Å². The highest BCUT2D eigenvalue weighted by atomic mass is 79.9. The molecule has 1 saturated heterocycles. The Morgan fingerprint density at radius 2 is 2.31 bits per heavy atom. The van der Waals surface area contributed by atoms with Gasteiger partial charge in [0.25, 0.3) is 10.0 Å². The molecule has 2 rings (SSSR count). The highest BCUT2D eigenvalue weighted by Gasteiger charge is 2.34. The largest absolute Gasteiger partial charge is 0.261 e. The first-order valence-corrected chi connectivity index (χ1v) is 7.48. The fraction of sp³-hybridized carbons (Fsp3) is 0.625. The van der Waals surface area contributed by atoms with E-state index in [1.165, 1.54) is 15.2 Å². The first-order chi connectivity index (χ1) is 7.43. The highest BCUT2D eigenvalue weighted by Crippen LogP contribution is 2.28. The maximum atomic E-state index is 12.2. The molecule has 1 aliphatic rings. The monoisotopic (exact) mass is 327 g/mol. The molecule has 1 aliphatic heterocycles. The molecule has 0 spiro atoms. The van der Waals surface area contributed by atoms with Crippen molar-refractivity contribution in [3.05, 3.63) is 11.2 Å². The van der Waals surface area contributed by atoms with Crippen molar-refractivity contribution in [1.29, 1.82) is 0 Å². The molecule has 1 atom stereocenters. The fourth-order valence-corrected chi connectivity index (χ4v) is 4.57. The average Bonchev–Trinajstić information content (AvgIpc) is 2.74. The van der Waals surface area contributed by atoms with Gasteiger partial charge in [-0.1, -0.05) is 27.5 Å². The molecule has 2 heterocycles. The van der Waals surface area contributed by atoms with Crippen LogP contribution in [-0.2, 0) is 17.1 Å². The second kappa shape index (κ2) is 4.29. The Kier molecular flexibility index (Phi) is 3.31. The topological polar surface area (TPSA) is 55.2 Å². The second-order valence-electron chi connectivity index (χ2n) is 3.67. The zero-order valence-corrected chi connectivity index (χ0v) is 11.8. The SMILES string of the molecule is Cn1ncc(Cl)c1S(=O)(=O)N1CCC(Br)C1. The van der Waals surface area contributed by atoms with Crippen LogP contribution in [0.2, 0.25) is 5.02 Å². The van der Waals surface area contributed by atoms with Crippen LogP contribution in [0, 0.1) is 0 Å². The van der Waals surface area contributed by atoms with E-state index in [4.69, 9.17) is 11.6 Å². The molecule has 1 aromatic heterocycles. The number of aromatic nitrogens is 2. The Labute approximate surface area is 108 Å². The smallest absolute Gasteiger partial charge is 0.255 e. The molecule has 1 unspecified atom stereocenters. The van der Waals surface area contributed by atoms with Gasteiger partial charge in [0.1, 0.15) is 0 Å². The van der Waals surface area contributed by atoms with E-state index in [0.29, 0.717) is 13.1 Å². The lowest BCUT2D eigenvalue weighted by atomic mass is 10.4. The van der Waals surface area contributed by atoms with Gasteiger partial charge in [-0.25, -0.2) is 8.42 Å². The Bertz CT molecular complexity index is 482. The number of hydrogen-bond donors (Lipinski definition) is 0. The summed E-state index contributed by atoms with van der Waals surface area (Å²) in [7, 11) is -1.95. The molecule has 0 N–H and O–H groups in total. The molecule has 0 amide bonds. The van der Waals surface area contributed by atoms with Crippen LogP contribution in [0.3, 0.4) is 0 Å². The molecule has 90 valence electrons. The van der Waals surface area contributed by atoms with E-state index in [2.05, 4.69) is 21.0 Å². The molecule has 16 heavy (non-hydrogen) atoms. The van der Waals surface area contributed by atoms with Gasteiger partial charge in [-0.15, -0.1) is 0 Å². The van der Waals surface area contributed by atoms with E-state index < -0.39 is 10.0 Å². The summed E-state index contributed by atoms with van der Waals surface area (Å²) in [4.78, 5) is 0.217. The van der Waals surface area contributed by atoms with Crippen LogP contribution in [0.5, 0.6) is 0 Å². The molecule has 0 radical (unpaired) electrons. The summed E-state index contributed by atoms with van der Waals surface area (Å²) >= 11 is 9.25. The lowest BCUT2D eigenvalue weighted by Gasteiger charge is -2.15. The second-order valence-corrected chi connectivity index (χ2v) is 7.23. The van der Waals surface area contributed by atoms with Crippen LogP contribution in [0.15, 0.2) is 11.2 Å². The Hall–Kier alpha value is -0.110. The lowest BCUT2D eigenvalue weighted by molar-refractivity contribution is 0.468. The number of sulfonamides is 1. The molecule has 5 nitrogen and oxygen atoms in total. The van der Waals surface area contributed by atoms with Crippen molar-refractivity contribution in [2.24, 2.45) is 7.05 Å². The molecule has 8 heteroatoms. The van der Waals surface area contributed by atoms with E-state index in [-0.39, 0.29) is 14.9 Å². The van der Waals surface area contributed by atoms with Gasteiger partial charge in [0.15, 0.2) is 5.03 Å². The Morgan fingerprint density at radius 3 is 2.75 bits per heavy atom. The summed E-state index contributed by atoms with van der Waals surface area (Å²) in [6.45, 7) is 0.990. The van der Waals surface area contributed by atoms with E-state index in [1.807, 2.05) is 0 Å². The number of hydrogen-bond acceptors (Lipinski definition) is 3. The third-order valence-electron chi connectivity index (χ3n) is 2.52. The van der Waals surface area contributed by atoms with Gasteiger partial charge >= 0.3 is 0 Å². The Balaban J connectivity index is 2.40. The summed E-state index contributed by atoms with van der Waals surface area (Å²) in [5.74, 6) is 0. The van der Waals surface area contributed by atoms with E-state index >= 15 is 0 Å². The molecule has 0 aromatic carbocycles. The highest BCUT2D eigenvalue weighted by molar-refractivity contribution is 9.09. The van der Waals surface area contributed by atoms with Crippen LogP contribution in [0.1, 0.15) is 6.42 Å². The maximum Gasteiger partial charge on any atom is 0.261 e. The van der Waals surface area contributed by atoms with Crippen LogP contribution in [0.4, 0.5) is 0 Å². The number of halogens is 2. The number of nitrogens with zero attached hydrogens (tertiary/aromatic N) is 3. The van der Waals surface area contributed by atoms with E-state index in [9.17, 15) is 8.42 Å². The normalized spacial score (nSPS) is 22.8. The quantitative estimate of drug-likeness (QED) is 0.767. The van der Waals surface area contributed by atoms with Gasteiger partial charge < -0.3 is 0 Å². The van der Waals surface area contributed by atoms with Crippen molar-refractivity contribution in [2.45, 2.75) is 16.3 Å². The van der Waals surface area contributed by atoms with Crippen molar-refractivity contribution < 1.29 is 8.42 Å². The molecule has 1 aromatic rings. The summed E-state index contributed by atoms with van der Waals surface area (Å²) in [6, 6.07) is 0. The molecular formula is C8H11BrClN3O2S. The van der Waals surface area contributed by atoms with Crippen molar-refractivity contribution in [3.8, 4) is 0 Å². The van der Waals surface area contributed by atoms with Crippen LogP contribution < -0.4 is 0 Å². The average molecular weight is 329 g/mol. The third kappa shape index (κ3) is 2.01. The van der Waals surface area contributed by atoms with Crippen molar-refractivity contribution in [1.82, 2.24) is 14.1 Å². The summed E-state index contributed by atoms with van der Waals surface area (Å²) in [6.07, 6.45) is 2.16. The van der Waals surface area contributed by atoms with Gasteiger partial charge in [-0.3, -0.25) is 4.68 Å². The number of rotatable bonds is 2. The van der Waals surface area contributed by atoms with Crippen molar-refractivity contribution in [2.75, 3.05) is 13.1 Å². The summed E-state index contributed by atoms with van der Waals surface area (Å²) in [5.41, 5.74) is 0. The zero-order chi connectivity index (χ0) is 11.9. The van der Waals surface area contributed by atoms with Gasteiger partial charge in [-0.2, -0.15) is 9.40 Å². The zero-order valence-electron chi connectivity index (χ0n) is 8.60.